The molecule has 3 heterocycles. The highest BCUT2D eigenvalue weighted by molar-refractivity contribution is 5.89. The third kappa shape index (κ3) is 4.12. The molecule has 2 aromatic rings. The van der Waals surface area contributed by atoms with E-state index < -0.39 is 0 Å². The molecule has 2 aromatic carbocycles. The van der Waals surface area contributed by atoms with E-state index in [2.05, 4.69) is 40.6 Å². The molecule has 3 fully saturated rings. The summed E-state index contributed by atoms with van der Waals surface area (Å²) in [7, 11) is 0. The first-order valence-corrected chi connectivity index (χ1v) is 9.55. The highest BCUT2D eigenvalue weighted by Gasteiger charge is 2.37. The van der Waals surface area contributed by atoms with Crippen molar-refractivity contribution in [3.63, 3.8) is 0 Å². The second-order valence-electron chi connectivity index (χ2n) is 7.55. The maximum absolute atomic E-state index is 12.9. The number of carbonyl (C=O) groups is 1. The second-order valence-corrected chi connectivity index (χ2v) is 7.55. The van der Waals surface area contributed by atoms with Crippen molar-refractivity contribution in [3.8, 4) is 6.07 Å². The molecular weight excluding hydrogens is 336 g/mol. The highest BCUT2D eigenvalue weighted by Crippen LogP contribution is 2.29. The van der Waals surface area contributed by atoms with Crippen LogP contribution in [0.5, 0.6) is 0 Å². The van der Waals surface area contributed by atoms with E-state index in [1.807, 2.05) is 11.0 Å². The van der Waals surface area contributed by atoms with E-state index in [0.717, 1.165) is 38.3 Å². The number of nitriles is 1. The Labute approximate surface area is 160 Å². The lowest BCUT2D eigenvalue weighted by Crippen LogP contribution is -2.49. The van der Waals surface area contributed by atoms with Gasteiger partial charge in [-0.05, 0) is 48.6 Å². The summed E-state index contributed by atoms with van der Waals surface area (Å²) in [4.78, 5) is 17.4. The molecule has 2 atom stereocenters. The predicted octanol–water partition coefficient (Wildman–Crippen LogP) is 3.69. The molecular formula is C22H24N4O. The lowest BCUT2D eigenvalue weighted by Gasteiger charge is -2.36. The number of hydrogen-bond acceptors (Lipinski definition) is 3. The number of urea groups is 1. The number of anilines is 1. The minimum atomic E-state index is -0.0315. The molecule has 138 valence electrons. The van der Waals surface area contributed by atoms with Crippen LogP contribution < -0.4 is 5.32 Å². The summed E-state index contributed by atoms with van der Waals surface area (Å²) >= 11 is 0. The van der Waals surface area contributed by atoms with Crippen LogP contribution in [0.3, 0.4) is 0 Å². The third-order valence-electron chi connectivity index (χ3n) is 5.56. The summed E-state index contributed by atoms with van der Waals surface area (Å²) in [6.45, 7) is 3.73. The number of benzene rings is 2. The number of piperidine rings is 1. The quantitative estimate of drug-likeness (QED) is 0.908. The summed E-state index contributed by atoms with van der Waals surface area (Å²) in [6.07, 6.45) is 2.26. The van der Waals surface area contributed by atoms with E-state index >= 15 is 0 Å². The number of nitrogens with zero attached hydrogens (tertiary/aromatic N) is 3. The Hall–Kier alpha value is -2.84. The van der Waals surface area contributed by atoms with Gasteiger partial charge in [-0.15, -0.1) is 0 Å². The first-order valence-electron chi connectivity index (χ1n) is 9.55. The molecule has 5 heteroatoms. The molecule has 3 aliphatic rings. The minimum Gasteiger partial charge on any atom is -0.320 e. The number of fused-ring (bicyclic) bond motifs is 4. The number of carbonyl (C=O) groups excluding carboxylic acids is 1. The molecule has 2 bridgehead atoms. The molecule has 0 unspecified atom stereocenters. The summed E-state index contributed by atoms with van der Waals surface area (Å²) in [5, 5.41) is 11.9. The second kappa shape index (κ2) is 7.81. The summed E-state index contributed by atoms with van der Waals surface area (Å²) in [5.74, 6) is 0.527. The topological polar surface area (TPSA) is 59.4 Å². The first-order chi connectivity index (χ1) is 13.2. The molecule has 0 aromatic heterocycles. The van der Waals surface area contributed by atoms with Crippen LogP contribution in [0.2, 0.25) is 0 Å². The normalized spacial score (nSPS) is 22.1. The lowest BCUT2D eigenvalue weighted by atomic mass is 9.95. The van der Waals surface area contributed by atoms with Gasteiger partial charge in [0.15, 0.2) is 0 Å². The fraction of sp³-hybridized carbons (Fsp3) is 0.364. The van der Waals surface area contributed by atoms with Crippen LogP contribution in [0.1, 0.15) is 24.0 Å². The van der Waals surface area contributed by atoms with Crippen molar-refractivity contribution in [1.82, 2.24) is 9.80 Å². The summed E-state index contributed by atoms with van der Waals surface area (Å²) < 4.78 is 0. The van der Waals surface area contributed by atoms with E-state index in [-0.39, 0.29) is 12.1 Å². The van der Waals surface area contributed by atoms with Crippen molar-refractivity contribution in [3.05, 3.63) is 65.7 Å². The maximum Gasteiger partial charge on any atom is 0.322 e. The Balaban J connectivity index is 1.42. The lowest BCUT2D eigenvalue weighted by molar-refractivity contribution is 0.151. The van der Waals surface area contributed by atoms with Gasteiger partial charge in [-0.2, -0.15) is 5.26 Å². The molecule has 27 heavy (non-hydrogen) atoms. The zero-order valence-corrected chi connectivity index (χ0v) is 15.3. The summed E-state index contributed by atoms with van der Waals surface area (Å²) in [5.41, 5.74) is 2.66. The molecule has 3 aliphatic heterocycles. The SMILES string of the molecule is N#Cc1ccc(NC(=O)N2C[C@H]3CC[C@@H]2CN(Cc2ccccc2)C3)cc1. The van der Waals surface area contributed by atoms with Crippen LogP contribution in [0.25, 0.3) is 0 Å². The summed E-state index contributed by atoms with van der Waals surface area (Å²) in [6, 6.07) is 19.9. The van der Waals surface area contributed by atoms with Gasteiger partial charge in [-0.25, -0.2) is 4.79 Å². The number of hydrogen-bond donors (Lipinski definition) is 1. The van der Waals surface area contributed by atoms with E-state index in [0.29, 0.717) is 11.5 Å². The van der Waals surface area contributed by atoms with Crippen LogP contribution in [-0.4, -0.2) is 41.5 Å². The van der Waals surface area contributed by atoms with Gasteiger partial charge in [0.25, 0.3) is 0 Å². The van der Waals surface area contributed by atoms with Crippen LogP contribution >= 0.6 is 0 Å². The monoisotopic (exact) mass is 360 g/mol. The molecule has 5 rings (SSSR count). The largest absolute Gasteiger partial charge is 0.322 e. The van der Waals surface area contributed by atoms with Crippen molar-refractivity contribution >= 4 is 11.7 Å². The Morgan fingerprint density at radius 2 is 1.81 bits per heavy atom. The predicted molar refractivity (Wildman–Crippen MR) is 105 cm³/mol. The Bertz CT molecular complexity index is 828. The van der Waals surface area contributed by atoms with Crippen molar-refractivity contribution in [2.24, 2.45) is 5.92 Å². The van der Waals surface area contributed by atoms with Gasteiger partial charge >= 0.3 is 6.03 Å². The van der Waals surface area contributed by atoms with E-state index in [1.165, 1.54) is 12.0 Å². The van der Waals surface area contributed by atoms with Crippen LogP contribution in [0.15, 0.2) is 54.6 Å². The van der Waals surface area contributed by atoms with E-state index in [1.54, 1.807) is 24.3 Å². The number of nitrogens with one attached hydrogen (secondary N) is 1. The van der Waals surface area contributed by atoms with Gasteiger partial charge in [0.05, 0.1) is 11.6 Å². The van der Waals surface area contributed by atoms with Gasteiger partial charge < -0.3 is 10.2 Å². The fourth-order valence-electron chi connectivity index (χ4n) is 4.22. The van der Waals surface area contributed by atoms with E-state index in [9.17, 15) is 4.79 Å². The Morgan fingerprint density at radius 3 is 2.56 bits per heavy atom. The standard InChI is InChI=1S/C22H24N4O/c23-12-17-6-9-20(10-7-17)24-22(27)26-15-19-8-11-21(26)16-25(14-19)13-18-4-2-1-3-5-18/h1-7,9-10,19,21H,8,11,13-16H2,(H,24,27)/t19-,21+/m0/s1. The van der Waals surface area contributed by atoms with Crippen LogP contribution in [-0.2, 0) is 6.54 Å². The van der Waals surface area contributed by atoms with Gasteiger partial charge in [-0.1, -0.05) is 30.3 Å². The van der Waals surface area contributed by atoms with E-state index in [4.69, 9.17) is 5.26 Å². The molecule has 5 nitrogen and oxygen atoms in total. The zero-order chi connectivity index (χ0) is 18.6. The van der Waals surface area contributed by atoms with Crippen molar-refractivity contribution in [1.29, 1.82) is 5.26 Å². The number of amides is 2. The average Bonchev–Trinajstić information content (AvgIpc) is 3.00. The first kappa shape index (κ1) is 17.6. The smallest absolute Gasteiger partial charge is 0.320 e. The fourth-order valence-corrected chi connectivity index (χ4v) is 4.22. The van der Waals surface area contributed by atoms with Gasteiger partial charge in [0, 0.05) is 37.9 Å². The molecule has 0 saturated carbocycles. The van der Waals surface area contributed by atoms with Gasteiger partial charge in [0.2, 0.25) is 0 Å². The molecule has 1 N–H and O–H groups in total. The van der Waals surface area contributed by atoms with Gasteiger partial charge in [-0.3, -0.25) is 4.90 Å². The maximum atomic E-state index is 12.9. The zero-order valence-electron chi connectivity index (χ0n) is 15.3. The molecule has 3 saturated heterocycles. The molecule has 0 spiro atoms. The molecule has 0 radical (unpaired) electrons. The number of rotatable bonds is 3. The Kier molecular flexibility index (Phi) is 5.08. The minimum absolute atomic E-state index is 0.0315. The molecule has 0 aliphatic carbocycles. The average molecular weight is 360 g/mol. The molecule has 2 amide bonds. The van der Waals surface area contributed by atoms with Gasteiger partial charge in [0.1, 0.15) is 0 Å². The van der Waals surface area contributed by atoms with Crippen LogP contribution in [0.4, 0.5) is 10.5 Å². The van der Waals surface area contributed by atoms with Crippen molar-refractivity contribution in [2.75, 3.05) is 25.0 Å². The van der Waals surface area contributed by atoms with Crippen molar-refractivity contribution in [2.45, 2.75) is 25.4 Å². The van der Waals surface area contributed by atoms with Crippen molar-refractivity contribution < 1.29 is 4.79 Å². The highest BCUT2D eigenvalue weighted by atomic mass is 16.2. The Morgan fingerprint density at radius 1 is 1.04 bits per heavy atom. The van der Waals surface area contributed by atoms with Crippen LogP contribution in [0, 0.1) is 17.2 Å². The third-order valence-corrected chi connectivity index (χ3v) is 5.56.